The van der Waals surface area contributed by atoms with Gasteiger partial charge in [-0.25, -0.2) is 9.48 Å². The Bertz CT molecular complexity index is 488. The molecule has 1 rings (SSSR count). The molecule has 0 saturated carbocycles. The third-order valence-electron chi connectivity index (χ3n) is 2.70. The predicted molar refractivity (Wildman–Crippen MR) is 69.1 cm³/mol. The van der Waals surface area contributed by atoms with Crippen molar-refractivity contribution in [1.82, 2.24) is 20.3 Å². The number of carbonyl (C=O) groups excluding carboxylic acids is 1. The van der Waals surface area contributed by atoms with Gasteiger partial charge >= 0.3 is 5.97 Å². The van der Waals surface area contributed by atoms with Crippen LogP contribution in [-0.2, 0) is 10.2 Å². The highest BCUT2D eigenvalue weighted by Gasteiger charge is 2.32. The largest absolute Gasteiger partial charge is 0.476 e. The van der Waals surface area contributed by atoms with Gasteiger partial charge in [0.2, 0.25) is 5.91 Å². The highest BCUT2D eigenvalue weighted by Crippen LogP contribution is 2.27. The van der Waals surface area contributed by atoms with Crippen LogP contribution in [0.25, 0.3) is 0 Å². The molecule has 1 heterocycles. The van der Waals surface area contributed by atoms with Crippen molar-refractivity contribution in [3.05, 3.63) is 11.4 Å². The van der Waals surface area contributed by atoms with Gasteiger partial charge in [0.05, 0.1) is 5.69 Å². The summed E-state index contributed by atoms with van der Waals surface area (Å²) in [6, 6.07) is -0.602. The molecule has 106 valence electrons. The van der Waals surface area contributed by atoms with Crippen LogP contribution < -0.4 is 5.32 Å². The fourth-order valence-corrected chi connectivity index (χ4v) is 1.84. The van der Waals surface area contributed by atoms with Gasteiger partial charge in [-0.3, -0.25) is 4.79 Å². The molecule has 19 heavy (non-hydrogen) atoms. The number of hydrogen-bond acceptors (Lipinski definition) is 4. The number of rotatable bonds is 4. The molecule has 1 atom stereocenters. The molecule has 7 heteroatoms. The monoisotopic (exact) mass is 268 g/mol. The van der Waals surface area contributed by atoms with Crippen LogP contribution in [0.5, 0.6) is 0 Å². The average Bonchev–Trinajstić information content (AvgIpc) is 2.72. The van der Waals surface area contributed by atoms with E-state index in [1.807, 2.05) is 27.7 Å². The molecule has 1 aromatic rings. The predicted octanol–water partition coefficient (Wildman–Crippen LogP) is 0.971. The molecular formula is C12H20N4O3. The van der Waals surface area contributed by atoms with E-state index in [0.717, 1.165) is 0 Å². The van der Waals surface area contributed by atoms with Gasteiger partial charge in [0.15, 0.2) is 5.69 Å². The molecular weight excluding hydrogens is 248 g/mol. The van der Waals surface area contributed by atoms with Crippen molar-refractivity contribution in [2.24, 2.45) is 0 Å². The van der Waals surface area contributed by atoms with Gasteiger partial charge < -0.3 is 10.4 Å². The van der Waals surface area contributed by atoms with E-state index in [4.69, 9.17) is 5.11 Å². The van der Waals surface area contributed by atoms with Crippen molar-refractivity contribution in [1.29, 1.82) is 0 Å². The quantitative estimate of drug-likeness (QED) is 0.848. The molecule has 0 saturated heterocycles. The van der Waals surface area contributed by atoms with Crippen molar-refractivity contribution in [3.8, 4) is 0 Å². The van der Waals surface area contributed by atoms with E-state index < -0.39 is 17.4 Å². The van der Waals surface area contributed by atoms with E-state index >= 15 is 0 Å². The van der Waals surface area contributed by atoms with Crippen molar-refractivity contribution in [2.75, 3.05) is 6.54 Å². The Morgan fingerprint density at radius 2 is 2.00 bits per heavy atom. The lowest BCUT2D eigenvalue weighted by molar-refractivity contribution is -0.124. The normalized spacial score (nSPS) is 13.1. The Labute approximate surface area is 112 Å². The maximum absolute atomic E-state index is 11.9. The Balaban J connectivity index is 3.29. The first-order chi connectivity index (χ1) is 8.70. The van der Waals surface area contributed by atoms with Crippen LogP contribution in [-0.4, -0.2) is 38.5 Å². The summed E-state index contributed by atoms with van der Waals surface area (Å²) in [6.45, 7) is 9.57. The lowest BCUT2D eigenvalue weighted by Crippen LogP contribution is -2.34. The fraction of sp³-hybridized carbons (Fsp3) is 0.667. The Morgan fingerprint density at radius 3 is 2.42 bits per heavy atom. The van der Waals surface area contributed by atoms with Gasteiger partial charge in [0.1, 0.15) is 6.04 Å². The lowest BCUT2D eigenvalue weighted by Gasteiger charge is -2.23. The number of carbonyl (C=O) groups is 2. The van der Waals surface area contributed by atoms with Crippen LogP contribution in [0, 0.1) is 0 Å². The molecule has 2 N–H and O–H groups in total. The number of nitrogens with zero attached hydrogens (tertiary/aromatic N) is 3. The first-order valence-electron chi connectivity index (χ1n) is 6.16. The van der Waals surface area contributed by atoms with Gasteiger partial charge in [0.25, 0.3) is 0 Å². The zero-order valence-electron chi connectivity index (χ0n) is 11.9. The molecule has 0 radical (unpaired) electrons. The van der Waals surface area contributed by atoms with E-state index in [2.05, 4.69) is 15.6 Å². The minimum Gasteiger partial charge on any atom is -0.476 e. The molecule has 0 aromatic carbocycles. The molecule has 0 aliphatic rings. The number of likely N-dealkylation sites (N-methyl/N-ethyl adjacent to an activating group) is 1. The maximum atomic E-state index is 11.9. The molecule has 0 aliphatic heterocycles. The molecule has 7 nitrogen and oxygen atoms in total. The summed E-state index contributed by atoms with van der Waals surface area (Å²) in [5.74, 6) is -1.35. The number of nitrogens with one attached hydrogen (secondary N) is 1. The summed E-state index contributed by atoms with van der Waals surface area (Å²) in [5, 5.41) is 19.3. The Kier molecular flexibility index (Phi) is 4.28. The zero-order chi connectivity index (χ0) is 14.8. The SMILES string of the molecule is CCNC(=O)C(C)n1nnc(C(=O)O)c1C(C)(C)C. The van der Waals surface area contributed by atoms with Gasteiger partial charge in [-0.05, 0) is 13.8 Å². The Hall–Kier alpha value is -1.92. The smallest absolute Gasteiger partial charge is 0.358 e. The van der Waals surface area contributed by atoms with E-state index in [1.165, 1.54) is 4.68 Å². The van der Waals surface area contributed by atoms with Crippen molar-refractivity contribution in [3.63, 3.8) is 0 Å². The minimum absolute atomic E-state index is 0.108. The van der Waals surface area contributed by atoms with E-state index in [1.54, 1.807) is 6.92 Å². The molecule has 1 unspecified atom stereocenters. The third-order valence-corrected chi connectivity index (χ3v) is 2.70. The van der Waals surface area contributed by atoms with Gasteiger partial charge in [-0.15, -0.1) is 5.10 Å². The first-order valence-corrected chi connectivity index (χ1v) is 6.16. The molecule has 1 aromatic heterocycles. The summed E-state index contributed by atoms with van der Waals surface area (Å²) in [4.78, 5) is 23.0. The first kappa shape index (κ1) is 15.1. The third kappa shape index (κ3) is 3.10. The fourth-order valence-electron chi connectivity index (χ4n) is 1.84. The van der Waals surface area contributed by atoms with E-state index in [0.29, 0.717) is 12.2 Å². The van der Waals surface area contributed by atoms with E-state index in [-0.39, 0.29) is 11.6 Å². The number of hydrogen-bond donors (Lipinski definition) is 2. The van der Waals surface area contributed by atoms with Crippen LogP contribution in [0.15, 0.2) is 0 Å². The lowest BCUT2D eigenvalue weighted by atomic mass is 9.90. The summed E-state index contributed by atoms with van der Waals surface area (Å²) in [6.07, 6.45) is 0. The highest BCUT2D eigenvalue weighted by molar-refractivity contribution is 5.87. The van der Waals surface area contributed by atoms with Crippen molar-refractivity contribution >= 4 is 11.9 Å². The minimum atomic E-state index is -1.14. The molecule has 0 aliphatic carbocycles. The van der Waals surface area contributed by atoms with Crippen LogP contribution in [0.1, 0.15) is 56.8 Å². The topological polar surface area (TPSA) is 97.1 Å². The second-order valence-electron chi connectivity index (χ2n) is 5.36. The van der Waals surface area contributed by atoms with Gasteiger partial charge in [0, 0.05) is 12.0 Å². The molecule has 0 spiro atoms. The van der Waals surface area contributed by atoms with Crippen LogP contribution in [0.2, 0.25) is 0 Å². The second kappa shape index (κ2) is 5.38. The van der Waals surface area contributed by atoms with Gasteiger partial charge in [-0.1, -0.05) is 26.0 Å². The number of aromatic nitrogens is 3. The molecule has 0 fully saturated rings. The summed E-state index contributed by atoms with van der Waals surface area (Å²) >= 11 is 0. The maximum Gasteiger partial charge on any atom is 0.358 e. The van der Waals surface area contributed by atoms with Crippen LogP contribution in [0.4, 0.5) is 0 Å². The molecule has 0 bridgehead atoms. The standard InChI is InChI=1S/C12H20N4O3/c1-6-13-10(17)7(2)16-9(12(3,4)5)8(11(18)19)14-15-16/h7H,6H2,1-5H3,(H,13,17)(H,18,19). The number of aromatic carboxylic acids is 1. The number of amides is 1. The highest BCUT2D eigenvalue weighted by atomic mass is 16.4. The summed E-state index contributed by atoms with van der Waals surface area (Å²) in [5.41, 5.74) is -0.139. The van der Waals surface area contributed by atoms with Gasteiger partial charge in [-0.2, -0.15) is 0 Å². The summed E-state index contributed by atoms with van der Waals surface area (Å²) in [7, 11) is 0. The number of carboxylic acid groups (broad SMARTS) is 1. The summed E-state index contributed by atoms with van der Waals surface area (Å²) < 4.78 is 1.38. The van der Waals surface area contributed by atoms with Crippen LogP contribution in [0.3, 0.4) is 0 Å². The molecule has 1 amide bonds. The average molecular weight is 268 g/mol. The Morgan fingerprint density at radius 1 is 1.42 bits per heavy atom. The van der Waals surface area contributed by atoms with Crippen molar-refractivity contribution in [2.45, 2.75) is 46.1 Å². The zero-order valence-corrected chi connectivity index (χ0v) is 11.9. The van der Waals surface area contributed by atoms with Crippen molar-refractivity contribution < 1.29 is 14.7 Å². The van der Waals surface area contributed by atoms with Crippen LogP contribution >= 0.6 is 0 Å². The number of carboxylic acids is 1. The second-order valence-corrected chi connectivity index (χ2v) is 5.36. The van der Waals surface area contributed by atoms with E-state index in [9.17, 15) is 9.59 Å².